The zero-order valence-electron chi connectivity index (χ0n) is 19.1. The molecule has 2 aromatic rings. The van der Waals surface area contributed by atoms with Crippen molar-refractivity contribution in [3.8, 4) is 5.75 Å². The van der Waals surface area contributed by atoms with Gasteiger partial charge in [0.15, 0.2) is 6.61 Å². The number of carbonyl (C=O) groups is 2. The van der Waals surface area contributed by atoms with Gasteiger partial charge in [-0.3, -0.25) is 9.59 Å². The minimum Gasteiger partial charge on any atom is -0.484 e. The predicted octanol–water partition coefficient (Wildman–Crippen LogP) is 4.93. The molecule has 0 unspecified atom stereocenters. The zero-order chi connectivity index (χ0) is 23.1. The van der Waals surface area contributed by atoms with Crippen LogP contribution in [-0.4, -0.2) is 49.5 Å². The van der Waals surface area contributed by atoms with E-state index < -0.39 is 0 Å². The molecule has 1 aliphatic heterocycles. The Balaban J connectivity index is 1.51. The van der Waals surface area contributed by atoms with Gasteiger partial charge >= 0.3 is 0 Å². The first-order valence-electron chi connectivity index (χ1n) is 11.3. The number of nitrogens with zero attached hydrogens (tertiary/aromatic N) is 2. The van der Waals surface area contributed by atoms with Crippen LogP contribution >= 0.6 is 11.6 Å². The van der Waals surface area contributed by atoms with Gasteiger partial charge in [-0.25, -0.2) is 0 Å². The quantitative estimate of drug-likeness (QED) is 0.610. The van der Waals surface area contributed by atoms with Crippen LogP contribution in [0.3, 0.4) is 0 Å². The Morgan fingerprint density at radius 1 is 1.06 bits per heavy atom. The van der Waals surface area contributed by atoms with E-state index in [4.69, 9.17) is 16.3 Å². The first-order chi connectivity index (χ1) is 15.4. The molecule has 6 nitrogen and oxygen atoms in total. The monoisotopic (exact) mass is 457 g/mol. The molecule has 2 amide bonds. The van der Waals surface area contributed by atoms with E-state index >= 15 is 0 Å². The average molecular weight is 458 g/mol. The summed E-state index contributed by atoms with van der Waals surface area (Å²) in [5.74, 6) is 1.11. The molecule has 1 atom stereocenters. The SMILES string of the molecule is CCC(=O)N1CCN(c2ccc(NC(=O)COc3ccc([C@H](C)CC)cc3)cc2Cl)CC1. The smallest absolute Gasteiger partial charge is 0.262 e. The second-order valence-corrected chi connectivity index (χ2v) is 8.51. The first-order valence-corrected chi connectivity index (χ1v) is 11.6. The number of rotatable bonds is 8. The normalized spacial score (nSPS) is 14.8. The number of benzene rings is 2. The molecule has 32 heavy (non-hydrogen) atoms. The van der Waals surface area contributed by atoms with E-state index in [1.54, 1.807) is 6.07 Å². The molecule has 2 aromatic carbocycles. The molecule has 1 heterocycles. The molecule has 0 saturated carbocycles. The molecule has 1 aliphatic rings. The van der Waals surface area contributed by atoms with Crippen molar-refractivity contribution in [2.24, 2.45) is 0 Å². The zero-order valence-corrected chi connectivity index (χ0v) is 19.8. The lowest BCUT2D eigenvalue weighted by Crippen LogP contribution is -2.48. The molecule has 0 aliphatic carbocycles. The van der Waals surface area contributed by atoms with Crippen molar-refractivity contribution < 1.29 is 14.3 Å². The van der Waals surface area contributed by atoms with Gasteiger partial charge in [0.25, 0.3) is 5.91 Å². The van der Waals surface area contributed by atoms with Crippen molar-refractivity contribution in [2.75, 3.05) is 43.0 Å². The number of carbonyl (C=O) groups excluding carboxylic acids is 2. The minimum absolute atomic E-state index is 0.0739. The Hall–Kier alpha value is -2.73. The van der Waals surface area contributed by atoms with E-state index in [0.29, 0.717) is 41.9 Å². The molecule has 1 saturated heterocycles. The highest BCUT2D eigenvalue weighted by Crippen LogP contribution is 2.30. The van der Waals surface area contributed by atoms with E-state index in [0.717, 1.165) is 25.2 Å². The molecule has 172 valence electrons. The molecular formula is C25H32ClN3O3. The number of halogens is 1. The van der Waals surface area contributed by atoms with Crippen LogP contribution in [0.1, 0.15) is 45.1 Å². The molecule has 1 N–H and O–H groups in total. The maximum atomic E-state index is 12.3. The van der Waals surface area contributed by atoms with Crippen LogP contribution in [0, 0.1) is 0 Å². The summed E-state index contributed by atoms with van der Waals surface area (Å²) in [5.41, 5.74) is 2.79. The summed E-state index contributed by atoms with van der Waals surface area (Å²) < 4.78 is 5.61. The summed E-state index contributed by atoms with van der Waals surface area (Å²) >= 11 is 6.49. The van der Waals surface area contributed by atoms with Gasteiger partial charge in [-0.2, -0.15) is 0 Å². The summed E-state index contributed by atoms with van der Waals surface area (Å²) in [6, 6.07) is 13.4. The van der Waals surface area contributed by atoms with Gasteiger partial charge in [-0.15, -0.1) is 0 Å². The summed E-state index contributed by atoms with van der Waals surface area (Å²) in [7, 11) is 0. The molecule has 3 rings (SSSR count). The molecule has 1 fully saturated rings. The van der Waals surface area contributed by atoms with E-state index in [1.807, 2.05) is 48.2 Å². The second kappa shape index (κ2) is 11.2. The number of hydrogen-bond acceptors (Lipinski definition) is 4. The summed E-state index contributed by atoms with van der Waals surface area (Å²) in [5, 5.41) is 3.40. The number of amides is 2. The Morgan fingerprint density at radius 3 is 2.34 bits per heavy atom. The lowest BCUT2D eigenvalue weighted by molar-refractivity contribution is -0.131. The lowest BCUT2D eigenvalue weighted by atomic mass is 9.99. The molecule has 0 bridgehead atoms. The van der Waals surface area contributed by atoms with E-state index in [9.17, 15) is 9.59 Å². The third kappa shape index (κ3) is 6.16. The highest BCUT2D eigenvalue weighted by atomic mass is 35.5. The van der Waals surface area contributed by atoms with Crippen LogP contribution in [0.2, 0.25) is 5.02 Å². The third-order valence-corrected chi connectivity index (χ3v) is 6.24. The molecule has 0 spiro atoms. The van der Waals surface area contributed by atoms with Crippen LogP contribution in [0.5, 0.6) is 5.75 Å². The van der Waals surface area contributed by atoms with Gasteiger partial charge < -0.3 is 19.9 Å². The van der Waals surface area contributed by atoms with E-state index in [1.165, 1.54) is 5.56 Å². The average Bonchev–Trinajstić information content (AvgIpc) is 2.82. The fraction of sp³-hybridized carbons (Fsp3) is 0.440. The predicted molar refractivity (Wildman–Crippen MR) is 130 cm³/mol. The van der Waals surface area contributed by atoms with Crippen molar-refractivity contribution in [1.82, 2.24) is 4.90 Å². The van der Waals surface area contributed by atoms with E-state index in [-0.39, 0.29) is 18.4 Å². The summed E-state index contributed by atoms with van der Waals surface area (Å²) in [4.78, 5) is 28.2. The maximum absolute atomic E-state index is 12.3. The van der Waals surface area contributed by atoms with Gasteiger partial charge in [-0.1, -0.05) is 44.5 Å². The van der Waals surface area contributed by atoms with Crippen LogP contribution in [-0.2, 0) is 9.59 Å². The topological polar surface area (TPSA) is 61.9 Å². The van der Waals surface area contributed by atoms with Crippen LogP contribution in [0.15, 0.2) is 42.5 Å². The van der Waals surface area contributed by atoms with Crippen molar-refractivity contribution in [3.05, 3.63) is 53.1 Å². The van der Waals surface area contributed by atoms with Crippen LogP contribution < -0.4 is 15.0 Å². The van der Waals surface area contributed by atoms with Crippen LogP contribution in [0.25, 0.3) is 0 Å². The Labute approximate surface area is 195 Å². The molecule has 7 heteroatoms. The third-order valence-electron chi connectivity index (χ3n) is 5.94. The molecule has 0 aromatic heterocycles. The van der Waals surface area contributed by atoms with Gasteiger partial charge in [0.2, 0.25) is 5.91 Å². The Morgan fingerprint density at radius 2 is 1.75 bits per heavy atom. The Bertz CT molecular complexity index is 925. The maximum Gasteiger partial charge on any atom is 0.262 e. The van der Waals surface area contributed by atoms with Gasteiger partial charge in [0.05, 0.1) is 10.7 Å². The molecular weight excluding hydrogens is 426 g/mol. The number of ether oxygens (including phenoxy) is 1. The summed E-state index contributed by atoms with van der Waals surface area (Å²) in [6.45, 7) is 9.01. The fourth-order valence-corrected chi connectivity index (χ4v) is 4.04. The number of anilines is 2. The highest BCUT2D eigenvalue weighted by Gasteiger charge is 2.21. The van der Waals surface area contributed by atoms with Crippen molar-refractivity contribution in [1.29, 1.82) is 0 Å². The summed E-state index contributed by atoms with van der Waals surface area (Å²) in [6.07, 6.45) is 1.61. The first kappa shape index (κ1) is 23.9. The van der Waals surface area contributed by atoms with Crippen molar-refractivity contribution in [3.63, 3.8) is 0 Å². The van der Waals surface area contributed by atoms with Crippen molar-refractivity contribution in [2.45, 2.75) is 39.5 Å². The second-order valence-electron chi connectivity index (χ2n) is 8.10. The largest absolute Gasteiger partial charge is 0.484 e. The highest BCUT2D eigenvalue weighted by molar-refractivity contribution is 6.33. The van der Waals surface area contributed by atoms with Gasteiger partial charge in [0.1, 0.15) is 5.75 Å². The number of nitrogens with one attached hydrogen (secondary N) is 1. The van der Waals surface area contributed by atoms with Gasteiger partial charge in [0, 0.05) is 38.3 Å². The number of hydrogen-bond donors (Lipinski definition) is 1. The number of piperazine rings is 1. The van der Waals surface area contributed by atoms with Crippen molar-refractivity contribution >= 4 is 34.8 Å². The Kier molecular flexibility index (Phi) is 8.39. The lowest BCUT2D eigenvalue weighted by Gasteiger charge is -2.36. The fourth-order valence-electron chi connectivity index (χ4n) is 3.74. The van der Waals surface area contributed by atoms with E-state index in [2.05, 4.69) is 24.1 Å². The van der Waals surface area contributed by atoms with Gasteiger partial charge in [-0.05, 0) is 48.2 Å². The minimum atomic E-state index is -0.244. The standard InChI is InChI=1S/C25H32ClN3O3/c1-4-18(3)19-6-9-21(10-7-19)32-17-24(30)27-20-8-11-23(22(26)16-20)28-12-14-29(15-13-28)25(31)5-2/h6-11,16,18H,4-5,12-15,17H2,1-3H3,(H,27,30)/t18-/m1/s1. The van der Waals surface area contributed by atoms with Crippen LogP contribution in [0.4, 0.5) is 11.4 Å². The molecule has 0 radical (unpaired) electrons.